The Morgan fingerprint density at radius 3 is 2.62 bits per heavy atom. The first-order chi connectivity index (χ1) is 15.0. The zero-order valence-corrected chi connectivity index (χ0v) is 19.9. The summed E-state index contributed by atoms with van der Waals surface area (Å²) in [5, 5.41) is 3.99. The monoisotopic (exact) mass is 497 g/mol. The number of anilines is 2. The molecule has 2 aliphatic heterocycles. The second-order valence-corrected chi connectivity index (χ2v) is 8.60. The molecular formula is C23H26Cl3N3O3. The van der Waals surface area contributed by atoms with Crippen LogP contribution < -0.4 is 10.2 Å². The van der Waals surface area contributed by atoms with E-state index in [4.69, 9.17) is 27.9 Å². The van der Waals surface area contributed by atoms with Crippen LogP contribution in [0.25, 0.3) is 0 Å². The molecule has 0 saturated carbocycles. The molecule has 1 N–H and O–H groups in total. The molecule has 2 aromatic rings. The lowest BCUT2D eigenvalue weighted by atomic mass is 10.0. The summed E-state index contributed by atoms with van der Waals surface area (Å²) in [5.41, 5.74) is 3.20. The number of rotatable bonds is 6. The second kappa shape index (κ2) is 11.2. The number of nitrogens with zero attached hydrogens (tertiary/aromatic N) is 2. The molecule has 172 valence electrons. The van der Waals surface area contributed by atoms with E-state index in [1.807, 2.05) is 18.2 Å². The number of piperazine rings is 1. The molecule has 0 aromatic heterocycles. The Bertz CT molecular complexity index is 978. The molecule has 0 bridgehead atoms. The topological polar surface area (TPSA) is 61.9 Å². The van der Waals surface area contributed by atoms with Crippen molar-refractivity contribution < 1.29 is 14.3 Å². The third kappa shape index (κ3) is 5.87. The largest absolute Gasteiger partial charge is 0.462 e. The van der Waals surface area contributed by atoms with Gasteiger partial charge in [-0.2, -0.15) is 0 Å². The summed E-state index contributed by atoms with van der Waals surface area (Å²) in [7, 11) is 0. The van der Waals surface area contributed by atoms with Crippen molar-refractivity contribution in [1.29, 1.82) is 0 Å². The molecule has 0 radical (unpaired) electrons. The molecule has 6 nitrogen and oxygen atoms in total. The second-order valence-electron chi connectivity index (χ2n) is 7.81. The first-order valence-corrected chi connectivity index (χ1v) is 11.3. The molecule has 0 atom stereocenters. The number of hydrogen-bond donors (Lipinski definition) is 1. The number of carbonyl (C=O) groups is 2. The van der Waals surface area contributed by atoms with Crippen molar-refractivity contribution in [2.24, 2.45) is 0 Å². The Morgan fingerprint density at radius 2 is 1.84 bits per heavy atom. The van der Waals surface area contributed by atoms with Crippen LogP contribution in [-0.2, 0) is 16.0 Å². The summed E-state index contributed by atoms with van der Waals surface area (Å²) in [4.78, 5) is 28.5. The van der Waals surface area contributed by atoms with Gasteiger partial charge in [0.25, 0.3) is 0 Å². The molecule has 1 fully saturated rings. The van der Waals surface area contributed by atoms with Crippen LogP contribution in [0.3, 0.4) is 0 Å². The summed E-state index contributed by atoms with van der Waals surface area (Å²) < 4.78 is 5.44. The van der Waals surface area contributed by atoms with Crippen molar-refractivity contribution in [3.8, 4) is 0 Å². The molecule has 2 aromatic carbocycles. The van der Waals surface area contributed by atoms with Crippen molar-refractivity contribution in [1.82, 2.24) is 4.90 Å². The van der Waals surface area contributed by atoms with E-state index >= 15 is 0 Å². The van der Waals surface area contributed by atoms with Gasteiger partial charge in [0.2, 0.25) is 5.91 Å². The first-order valence-electron chi connectivity index (χ1n) is 10.5. The maximum Gasteiger partial charge on any atom is 0.338 e. The smallest absolute Gasteiger partial charge is 0.338 e. The maximum absolute atomic E-state index is 12.3. The van der Waals surface area contributed by atoms with Gasteiger partial charge in [-0.3, -0.25) is 9.69 Å². The van der Waals surface area contributed by atoms with E-state index in [0.717, 1.165) is 50.4 Å². The number of nitrogens with one attached hydrogen (secondary N) is 1. The zero-order chi connectivity index (χ0) is 21.8. The Balaban J connectivity index is 0.00000289. The Hall–Kier alpha value is -1.99. The van der Waals surface area contributed by atoms with E-state index in [1.54, 1.807) is 18.2 Å². The zero-order valence-electron chi connectivity index (χ0n) is 17.6. The molecule has 32 heavy (non-hydrogen) atoms. The van der Waals surface area contributed by atoms with E-state index in [1.165, 1.54) is 0 Å². The van der Waals surface area contributed by atoms with Gasteiger partial charge in [-0.05, 0) is 42.7 Å². The average molecular weight is 499 g/mol. The number of amides is 1. The fourth-order valence-electron chi connectivity index (χ4n) is 3.98. The van der Waals surface area contributed by atoms with Crippen molar-refractivity contribution in [2.75, 3.05) is 49.5 Å². The average Bonchev–Trinajstić information content (AvgIpc) is 2.78. The van der Waals surface area contributed by atoms with Gasteiger partial charge < -0.3 is 15.0 Å². The number of fused-ring (bicyclic) bond motifs is 1. The van der Waals surface area contributed by atoms with E-state index in [9.17, 15) is 9.59 Å². The van der Waals surface area contributed by atoms with E-state index < -0.39 is 0 Å². The van der Waals surface area contributed by atoms with E-state index in [0.29, 0.717) is 40.7 Å². The van der Waals surface area contributed by atoms with Gasteiger partial charge >= 0.3 is 5.97 Å². The van der Waals surface area contributed by atoms with Gasteiger partial charge in [-0.1, -0.05) is 35.3 Å². The van der Waals surface area contributed by atoms with Gasteiger partial charge in [-0.15, -0.1) is 12.4 Å². The number of aryl methyl sites for hydroxylation is 1. The minimum absolute atomic E-state index is 0. The number of ether oxygens (including phenoxy) is 1. The predicted molar refractivity (Wildman–Crippen MR) is 131 cm³/mol. The normalized spacial score (nSPS) is 16.1. The van der Waals surface area contributed by atoms with Crippen LogP contribution in [-0.4, -0.2) is 56.1 Å². The third-order valence-electron chi connectivity index (χ3n) is 5.74. The van der Waals surface area contributed by atoms with E-state index in [-0.39, 0.29) is 24.3 Å². The van der Waals surface area contributed by atoms with Gasteiger partial charge in [-0.25, -0.2) is 4.79 Å². The number of esters is 1. The van der Waals surface area contributed by atoms with Crippen LogP contribution >= 0.6 is 35.6 Å². The molecule has 0 unspecified atom stereocenters. The third-order valence-corrected chi connectivity index (χ3v) is 6.55. The quantitative estimate of drug-likeness (QED) is 0.463. The standard InChI is InChI=1S/C23H25Cl2N3O3.ClH/c24-18-3-1-4-20(22(18)25)28-12-10-27(11-13-28)9-2-14-31-23(30)17-6-5-16-7-8-21(29)26-19(16)15-17;/h1,3-6,15H,2,7-14H2,(H,26,29);1H. The molecule has 2 aliphatic rings. The lowest BCUT2D eigenvalue weighted by Gasteiger charge is -2.36. The molecule has 9 heteroatoms. The van der Waals surface area contributed by atoms with Gasteiger partial charge in [0.05, 0.1) is 27.9 Å². The highest BCUT2D eigenvalue weighted by atomic mass is 35.5. The lowest BCUT2D eigenvalue weighted by molar-refractivity contribution is -0.116. The van der Waals surface area contributed by atoms with Crippen LogP contribution in [0.15, 0.2) is 36.4 Å². The lowest BCUT2D eigenvalue weighted by Crippen LogP contribution is -2.46. The minimum atomic E-state index is -0.358. The molecular weight excluding hydrogens is 473 g/mol. The number of benzene rings is 2. The van der Waals surface area contributed by atoms with Gasteiger partial charge in [0, 0.05) is 44.8 Å². The molecule has 0 spiro atoms. The molecule has 1 saturated heterocycles. The van der Waals surface area contributed by atoms with Crippen molar-refractivity contribution in [2.45, 2.75) is 19.3 Å². The Morgan fingerprint density at radius 1 is 1.06 bits per heavy atom. The van der Waals surface area contributed by atoms with Crippen molar-refractivity contribution in [3.63, 3.8) is 0 Å². The van der Waals surface area contributed by atoms with Crippen LogP contribution in [0.4, 0.5) is 11.4 Å². The molecule has 4 rings (SSSR count). The fourth-order valence-corrected chi connectivity index (χ4v) is 4.40. The summed E-state index contributed by atoms with van der Waals surface area (Å²) >= 11 is 12.5. The fraction of sp³-hybridized carbons (Fsp3) is 0.391. The van der Waals surface area contributed by atoms with E-state index in [2.05, 4.69) is 15.1 Å². The van der Waals surface area contributed by atoms with Gasteiger partial charge in [0.15, 0.2) is 0 Å². The summed E-state index contributed by atoms with van der Waals surface area (Å²) in [6, 6.07) is 11.1. The Kier molecular flexibility index (Phi) is 8.65. The maximum atomic E-state index is 12.3. The van der Waals surface area contributed by atoms with Crippen molar-refractivity contribution in [3.05, 3.63) is 57.6 Å². The van der Waals surface area contributed by atoms with Crippen LogP contribution in [0.5, 0.6) is 0 Å². The highest BCUT2D eigenvalue weighted by Crippen LogP contribution is 2.32. The highest BCUT2D eigenvalue weighted by Gasteiger charge is 2.20. The van der Waals surface area contributed by atoms with Crippen LogP contribution in [0, 0.1) is 0 Å². The van der Waals surface area contributed by atoms with Crippen LogP contribution in [0.1, 0.15) is 28.8 Å². The number of hydrogen-bond acceptors (Lipinski definition) is 5. The summed E-state index contributed by atoms with van der Waals surface area (Å²) in [6.07, 6.45) is 1.95. The minimum Gasteiger partial charge on any atom is -0.462 e. The highest BCUT2D eigenvalue weighted by molar-refractivity contribution is 6.43. The van der Waals surface area contributed by atoms with Crippen LogP contribution in [0.2, 0.25) is 10.0 Å². The predicted octanol–water partition coefficient (Wildman–Crippen LogP) is 4.67. The number of carbonyl (C=O) groups excluding carboxylic acids is 2. The SMILES string of the molecule is Cl.O=C1CCc2ccc(C(=O)OCCCN3CCN(c4cccc(Cl)c4Cl)CC3)cc2N1. The molecule has 2 heterocycles. The molecule has 1 amide bonds. The Labute approximate surface area is 204 Å². The summed E-state index contributed by atoms with van der Waals surface area (Å²) in [5.74, 6) is -0.376. The number of halogens is 3. The van der Waals surface area contributed by atoms with Gasteiger partial charge in [0.1, 0.15) is 0 Å². The first kappa shape index (κ1) is 24.6. The summed E-state index contributed by atoms with van der Waals surface area (Å²) in [6.45, 7) is 4.82. The van der Waals surface area contributed by atoms with Crippen molar-refractivity contribution >= 4 is 58.9 Å². The molecule has 0 aliphatic carbocycles.